The SMILES string of the molecule is CC1(C)CC1Nc1ccc(C(=O)O)cc1Cl. The van der Waals surface area contributed by atoms with Crippen LogP contribution in [0.4, 0.5) is 5.69 Å². The second-order valence-corrected chi connectivity index (χ2v) is 5.30. The summed E-state index contributed by atoms with van der Waals surface area (Å²) in [4.78, 5) is 10.7. The number of hydrogen-bond donors (Lipinski definition) is 2. The van der Waals surface area contributed by atoms with E-state index < -0.39 is 5.97 Å². The van der Waals surface area contributed by atoms with Crippen molar-refractivity contribution < 1.29 is 9.90 Å². The third-order valence-electron chi connectivity index (χ3n) is 3.06. The molecule has 0 spiro atoms. The lowest BCUT2D eigenvalue weighted by Gasteiger charge is -2.10. The maximum absolute atomic E-state index is 10.7. The fourth-order valence-electron chi connectivity index (χ4n) is 1.67. The zero-order valence-corrected chi connectivity index (χ0v) is 10.0. The minimum atomic E-state index is -0.958. The van der Waals surface area contributed by atoms with Crippen molar-refractivity contribution >= 4 is 23.3 Å². The number of anilines is 1. The summed E-state index contributed by atoms with van der Waals surface area (Å²) >= 11 is 6.01. The Morgan fingerprint density at radius 3 is 2.62 bits per heavy atom. The number of benzene rings is 1. The van der Waals surface area contributed by atoms with Gasteiger partial charge in [0.15, 0.2) is 0 Å². The summed E-state index contributed by atoms with van der Waals surface area (Å²) in [5, 5.41) is 12.6. The van der Waals surface area contributed by atoms with Gasteiger partial charge in [-0.05, 0) is 30.0 Å². The number of carboxylic acids is 1. The van der Waals surface area contributed by atoms with Crippen molar-refractivity contribution in [3.63, 3.8) is 0 Å². The summed E-state index contributed by atoms with van der Waals surface area (Å²) < 4.78 is 0. The van der Waals surface area contributed by atoms with E-state index in [1.807, 2.05) is 0 Å². The molecule has 0 radical (unpaired) electrons. The van der Waals surface area contributed by atoms with E-state index >= 15 is 0 Å². The number of carboxylic acid groups (broad SMARTS) is 1. The van der Waals surface area contributed by atoms with E-state index in [1.165, 1.54) is 6.07 Å². The molecule has 1 fully saturated rings. The van der Waals surface area contributed by atoms with Gasteiger partial charge in [-0.25, -0.2) is 4.79 Å². The molecule has 0 amide bonds. The van der Waals surface area contributed by atoms with Crippen LogP contribution in [0.1, 0.15) is 30.6 Å². The quantitative estimate of drug-likeness (QED) is 0.851. The molecule has 1 aliphatic rings. The maximum atomic E-state index is 10.7. The number of carbonyl (C=O) groups is 1. The molecule has 1 atom stereocenters. The van der Waals surface area contributed by atoms with Crippen molar-refractivity contribution in [3.8, 4) is 0 Å². The zero-order chi connectivity index (χ0) is 11.9. The van der Waals surface area contributed by atoms with Crippen LogP contribution >= 0.6 is 11.6 Å². The van der Waals surface area contributed by atoms with E-state index in [0.717, 1.165) is 12.1 Å². The van der Waals surface area contributed by atoms with Crippen LogP contribution in [0.15, 0.2) is 18.2 Å². The Morgan fingerprint density at radius 1 is 1.56 bits per heavy atom. The molecule has 2 N–H and O–H groups in total. The number of aromatic carboxylic acids is 1. The van der Waals surface area contributed by atoms with E-state index in [1.54, 1.807) is 12.1 Å². The highest BCUT2D eigenvalue weighted by molar-refractivity contribution is 6.33. The highest BCUT2D eigenvalue weighted by Gasteiger charge is 2.45. The van der Waals surface area contributed by atoms with Crippen molar-refractivity contribution in [1.29, 1.82) is 0 Å². The number of rotatable bonds is 3. The first-order valence-electron chi connectivity index (χ1n) is 5.19. The second-order valence-electron chi connectivity index (χ2n) is 4.89. The molecule has 86 valence electrons. The number of hydrogen-bond acceptors (Lipinski definition) is 2. The molecule has 3 nitrogen and oxygen atoms in total. The normalized spacial score (nSPS) is 21.6. The van der Waals surface area contributed by atoms with E-state index in [0.29, 0.717) is 16.5 Å². The van der Waals surface area contributed by atoms with Crippen molar-refractivity contribution in [2.75, 3.05) is 5.32 Å². The summed E-state index contributed by atoms with van der Waals surface area (Å²) in [6, 6.07) is 5.19. The largest absolute Gasteiger partial charge is 0.478 e. The summed E-state index contributed by atoms with van der Waals surface area (Å²) in [6.07, 6.45) is 1.12. The van der Waals surface area contributed by atoms with Gasteiger partial charge in [0, 0.05) is 6.04 Å². The molecule has 0 aliphatic heterocycles. The van der Waals surface area contributed by atoms with Gasteiger partial charge in [0.2, 0.25) is 0 Å². The maximum Gasteiger partial charge on any atom is 0.335 e. The lowest BCUT2D eigenvalue weighted by atomic mass is 10.1. The average molecular weight is 240 g/mol. The van der Waals surface area contributed by atoms with Crippen LogP contribution in [0.25, 0.3) is 0 Å². The summed E-state index contributed by atoms with van der Waals surface area (Å²) in [7, 11) is 0. The lowest BCUT2D eigenvalue weighted by molar-refractivity contribution is 0.0697. The van der Waals surface area contributed by atoms with Crippen LogP contribution in [0.2, 0.25) is 5.02 Å². The molecule has 1 unspecified atom stereocenters. The third kappa shape index (κ3) is 2.14. The highest BCUT2D eigenvalue weighted by Crippen LogP contribution is 2.47. The van der Waals surface area contributed by atoms with Gasteiger partial charge in [-0.15, -0.1) is 0 Å². The van der Waals surface area contributed by atoms with Crippen molar-refractivity contribution in [1.82, 2.24) is 0 Å². The standard InChI is InChI=1S/C12H14ClNO2/c1-12(2)6-10(12)14-9-4-3-7(11(15)16)5-8(9)13/h3-5,10,14H,6H2,1-2H3,(H,15,16). The molecule has 1 aliphatic carbocycles. The molecule has 0 aromatic heterocycles. The first kappa shape index (κ1) is 11.3. The number of halogens is 1. The zero-order valence-electron chi connectivity index (χ0n) is 9.25. The summed E-state index contributed by atoms with van der Waals surface area (Å²) in [5.74, 6) is -0.958. The van der Waals surface area contributed by atoms with Gasteiger partial charge in [-0.3, -0.25) is 0 Å². The molecule has 4 heteroatoms. The van der Waals surface area contributed by atoms with Gasteiger partial charge in [0.05, 0.1) is 16.3 Å². The molecule has 1 saturated carbocycles. The first-order chi connectivity index (χ1) is 7.40. The van der Waals surface area contributed by atoms with Crippen molar-refractivity contribution in [2.24, 2.45) is 5.41 Å². The van der Waals surface area contributed by atoms with Crippen molar-refractivity contribution in [2.45, 2.75) is 26.3 Å². The van der Waals surface area contributed by atoms with E-state index in [2.05, 4.69) is 19.2 Å². The van der Waals surface area contributed by atoms with Gasteiger partial charge in [0.25, 0.3) is 0 Å². The topological polar surface area (TPSA) is 49.3 Å². The third-order valence-corrected chi connectivity index (χ3v) is 3.37. The van der Waals surface area contributed by atoms with Crippen molar-refractivity contribution in [3.05, 3.63) is 28.8 Å². The smallest absolute Gasteiger partial charge is 0.335 e. The van der Waals surface area contributed by atoms with Gasteiger partial charge in [-0.2, -0.15) is 0 Å². The van der Waals surface area contributed by atoms with Gasteiger partial charge < -0.3 is 10.4 Å². The Balaban J connectivity index is 2.14. The molecule has 0 bridgehead atoms. The predicted octanol–water partition coefficient (Wildman–Crippen LogP) is 3.25. The van der Waals surface area contributed by atoms with E-state index in [4.69, 9.17) is 16.7 Å². The lowest BCUT2D eigenvalue weighted by Crippen LogP contribution is -2.09. The minimum Gasteiger partial charge on any atom is -0.478 e. The Kier molecular flexibility index (Phi) is 2.58. The predicted molar refractivity (Wildman–Crippen MR) is 64.2 cm³/mol. The minimum absolute atomic E-state index is 0.214. The van der Waals surface area contributed by atoms with Crippen LogP contribution < -0.4 is 5.32 Å². The molecule has 1 aromatic rings. The highest BCUT2D eigenvalue weighted by atomic mass is 35.5. The van der Waals surface area contributed by atoms with E-state index in [9.17, 15) is 4.79 Å². The molecule has 16 heavy (non-hydrogen) atoms. The molecule has 2 rings (SSSR count). The van der Waals surface area contributed by atoms with Crippen LogP contribution in [-0.2, 0) is 0 Å². The number of nitrogens with one attached hydrogen (secondary N) is 1. The Bertz CT molecular complexity index is 443. The van der Waals surface area contributed by atoms with Gasteiger partial charge >= 0.3 is 5.97 Å². The molecule has 0 saturated heterocycles. The Hall–Kier alpha value is -1.22. The average Bonchev–Trinajstić information content (AvgIpc) is 2.77. The van der Waals surface area contributed by atoms with Gasteiger partial charge in [-0.1, -0.05) is 25.4 Å². The van der Waals surface area contributed by atoms with E-state index in [-0.39, 0.29) is 5.56 Å². The molecular weight excluding hydrogens is 226 g/mol. The molecule has 0 heterocycles. The molecule has 1 aromatic carbocycles. The fourth-order valence-corrected chi connectivity index (χ4v) is 1.90. The molecular formula is C12H14ClNO2. The van der Waals surface area contributed by atoms with Gasteiger partial charge in [0.1, 0.15) is 0 Å². The monoisotopic (exact) mass is 239 g/mol. The summed E-state index contributed by atoms with van der Waals surface area (Å²) in [5.41, 5.74) is 1.34. The van der Waals surface area contributed by atoms with Crippen LogP contribution in [0.3, 0.4) is 0 Å². The summed E-state index contributed by atoms with van der Waals surface area (Å²) in [6.45, 7) is 4.37. The Morgan fingerprint density at radius 2 is 2.19 bits per heavy atom. The Labute approximate surface area is 99.4 Å². The van der Waals surface area contributed by atoms with Crippen LogP contribution in [-0.4, -0.2) is 17.1 Å². The first-order valence-corrected chi connectivity index (χ1v) is 5.57. The second kappa shape index (κ2) is 3.67. The van der Waals surface area contributed by atoms with Crippen LogP contribution in [0.5, 0.6) is 0 Å². The van der Waals surface area contributed by atoms with Crippen LogP contribution in [0, 0.1) is 5.41 Å². The fraction of sp³-hybridized carbons (Fsp3) is 0.417.